The van der Waals surface area contributed by atoms with Gasteiger partial charge in [-0.25, -0.2) is 4.79 Å². The third-order valence-corrected chi connectivity index (χ3v) is 7.00. The Morgan fingerprint density at radius 1 is 1.06 bits per heavy atom. The maximum Gasteiger partial charge on any atom is 0.410 e. The molecule has 0 unspecified atom stereocenters. The lowest BCUT2D eigenvalue weighted by Gasteiger charge is -2.41. The van der Waals surface area contributed by atoms with Crippen LogP contribution in [0.4, 0.5) is 10.5 Å². The summed E-state index contributed by atoms with van der Waals surface area (Å²) in [4.78, 5) is 32.2. The second-order valence-electron chi connectivity index (χ2n) is 10.9. The van der Waals surface area contributed by atoms with E-state index in [0.717, 1.165) is 25.1 Å². The van der Waals surface area contributed by atoms with Crippen molar-refractivity contribution in [2.24, 2.45) is 7.05 Å². The van der Waals surface area contributed by atoms with Crippen molar-refractivity contribution in [2.75, 3.05) is 37.6 Å². The van der Waals surface area contributed by atoms with Crippen molar-refractivity contribution in [2.45, 2.75) is 65.0 Å². The molecule has 3 heterocycles. The minimum atomic E-state index is -0.504. The number of amides is 2. The van der Waals surface area contributed by atoms with Crippen molar-refractivity contribution in [1.29, 1.82) is 0 Å². The van der Waals surface area contributed by atoms with E-state index in [-0.39, 0.29) is 24.0 Å². The largest absolute Gasteiger partial charge is 0.444 e. The number of ether oxygens (including phenoxy) is 1. The van der Waals surface area contributed by atoms with Gasteiger partial charge in [0.25, 0.3) is 5.91 Å². The molecule has 2 aliphatic rings. The highest BCUT2D eigenvalue weighted by Gasteiger charge is 2.34. The quantitative estimate of drug-likeness (QED) is 0.657. The lowest BCUT2D eigenvalue weighted by Crippen LogP contribution is -2.54. The number of piperazine rings is 1. The van der Waals surface area contributed by atoms with Gasteiger partial charge in [0.05, 0.1) is 17.5 Å². The Morgan fingerprint density at radius 2 is 1.77 bits per heavy atom. The molecular weight excluding hydrogens is 442 g/mol. The Bertz CT molecular complexity index is 1070. The van der Waals surface area contributed by atoms with E-state index in [9.17, 15) is 9.59 Å². The van der Waals surface area contributed by atoms with Crippen LogP contribution >= 0.6 is 0 Å². The third kappa shape index (κ3) is 5.63. The first-order valence-corrected chi connectivity index (χ1v) is 12.7. The molecule has 190 valence electrons. The summed E-state index contributed by atoms with van der Waals surface area (Å²) in [6.07, 6.45) is 3.03. The van der Waals surface area contributed by atoms with E-state index < -0.39 is 5.60 Å². The Kier molecular flexibility index (Phi) is 7.10. The van der Waals surface area contributed by atoms with Crippen molar-refractivity contribution in [3.63, 3.8) is 0 Å². The molecular formula is C27H39N5O3. The van der Waals surface area contributed by atoms with Crippen LogP contribution in [0.5, 0.6) is 0 Å². The molecule has 2 fully saturated rings. The van der Waals surface area contributed by atoms with Gasteiger partial charge in [-0.1, -0.05) is 12.1 Å². The molecule has 1 atom stereocenters. The molecule has 4 rings (SSSR count). The number of rotatable bonds is 3. The standard InChI is InChI=1S/C27H39N5O3/c1-19-8-7-9-22(16-19)32-15-14-31(18-20(32)2)25(33)23-17-28-29(6)24(23)21-10-12-30(13-11-21)26(34)35-27(3,4)5/h7-9,16-17,20-21H,10-15,18H2,1-6H3/t20-/m0/s1. The van der Waals surface area contributed by atoms with Crippen LogP contribution < -0.4 is 4.90 Å². The predicted octanol–water partition coefficient (Wildman–Crippen LogP) is 4.19. The van der Waals surface area contributed by atoms with Crippen LogP contribution in [0.3, 0.4) is 0 Å². The number of aryl methyl sites for hydroxylation is 2. The number of hydrogen-bond donors (Lipinski definition) is 0. The van der Waals surface area contributed by atoms with E-state index >= 15 is 0 Å². The number of nitrogens with zero attached hydrogens (tertiary/aromatic N) is 5. The fourth-order valence-electron chi connectivity index (χ4n) is 5.26. The van der Waals surface area contributed by atoms with Gasteiger partial charge in [-0.3, -0.25) is 9.48 Å². The lowest BCUT2D eigenvalue weighted by molar-refractivity contribution is 0.0202. The van der Waals surface area contributed by atoms with E-state index in [0.29, 0.717) is 31.7 Å². The van der Waals surface area contributed by atoms with Crippen molar-refractivity contribution in [3.05, 3.63) is 47.3 Å². The number of carbonyl (C=O) groups is 2. The fraction of sp³-hybridized carbons (Fsp3) is 0.593. The van der Waals surface area contributed by atoms with Gasteiger partial charge < -0.3 is 19.4 Å². The van der Waals surface area contributed by atoms with Crippen molar-refractivity contribution >= 4 is 17.7 Å². The number of benzene rings is 1. The molecule has 2 amide bonds. The van der Waals surface area contributed by atoms with E-state index in [1.807, 2.05) is 37.4 Å². The minimum Gasteiger partial charge on any atom is -0.444 e. The van der Waals surface area contributed by atoms with Crippen LogP contribution in [0.25, 0.3) is 0 Å². The third-order valence-electron chi connectivity index (χ3n) is 7.00. The normalized spacial score (nSPS) is 19.7. The van der Waals surface area contributed by atoms with Crippen molar-refractivity contribution in [3.8, 4) is 0 Å². The zero-order valence-corrected chi connectivity index (χ0v) is 22.0. The molecule has 8 heteroatoms. The summed E-state index contributed by atoms with van der Waals surface area (Å²) >= 11 is 0. The van der Waals surface area contributed by atoms with Crippen LogP contribution in [-0.2, 0) is 11.8 Å². The van der Waals surface area contributed by atoms with Gasteiger partial charge in [0.2, 0.25) is 0 Å². The summed E-state index contributed by atoms with van der Waals surface area (Å²) in [5, 5.41) is 4.46. The summed E-state index contributed by atoms with van der Waals surface area (Å²) in [6.45, 7) is 13.3. The Labute approximate surface area is 208 Å². The van der Waals surface area contributed by atoms with Gasteiger partial charge in [-0.15, -0.1) is 0 Å². The van der Waals surface area contributed by atoms with Gasteiger partial charge in [-0.05, 0) is 65.2 Å². The van der Waals surface area contributed by atoms with Crippen LogP contribution in [0, 0.1) is 6.92 Å². The fourth-order valence-corrected chi connectivity index (χ4v) is 5.26. The van der Waals surface area contributed by atoms with Gasteiger partial charge >= 0.3 is 6.09 Å². The monoisotopic (exact) mass is 481 g/mol. The zero-order valence-electron chi connectivity index (χ0n) is 22.0. The highest BCUT2D eigenvalue weighted by atomic mass is 16.6. The van der Waals surface area contributed by atoms with Crippen LogP contribution in [-0.4, -0.2) is 75.9 Å². The molecule has 1 aromatic carbocycles. The zero-order chi connectivity index (χ0) is 25.3. The number of carbonyl (C=O) groups excluding carboxylic acids is 2. The molecule has 2 aromatic rings. The molecule has 0 spiro atoms. The Hall–Kier alpha value is -3.03. The molecule has 0 aliphatic carbocycles. The maximum absolute atomic E-state index is 13.6. The van der Waals surface area contributed by atoms with Gasteiger partial charge in [0.1, 0.15) is 5.60 Å². The second kappa shape index (κ2) is 9.91. The Morgan fingerprint density at radius 3 is 2.40 bits per heavy atom. The number of aromatic nitrogens is 2. The van der Waals surface area contributed by atoms with E-state index in [2.05, 4.69) is 48.1 Å². The SMILES string of the molecule is Cc1cccc(N2CCN(C(=O)c3cnn(C)c3C3CCN(C(=O)OC(C)(C)C)CC3)C[C@@H]2C)c1. The summed E-state index contributed by atoms with van der Waals surface area (Å²) in [7, 11) is 1.91. The van der Waals surface area contributed by atoms with Gasteiger partial charge in [0.15, 0.2) is 0 Å². The molecule has 0 bridgehead atoms. The summed E-state index contributed by atoms with van der Waals surface area (Å²) in [5.74, 6) is 0.240. The summed E-state index contributed by atoms with van der Waals surface area (Å²) in [5.41, 5.74) is 3.62. The summed E-state index contributed by atoms with van der Waals surface area (Å²) < 4.78 is 7.37. The van der Waals surface area contributed by atoms with Gasteiger partial charge in [-0.2, -0.15) is 5.10 Å². The highest BCUT2D eigenvalue weighted by molar-refractivity contribution is 5.95. The molecule has 2 aliphatic heterocycles. The Balaban J connectivity index is 1.42. The molecule has 8 nitrogen and oxygen atoms in total. The number of likely N-dealkylation sites (tertiary alicyclic amines) is 1. The van der Waals surface area contributed by atoms with Crippen LogP contribution in [0.15, 0.2) is 30.5 Å². The minimum absolute atomic E-state index is 0.0541. The number of hydrogen-bond acceptors (Lipinski definition) is 5. The predicted molar refractivity (Wildman–Crippen MR) is 137 cm³/mol. The topological polar surface area (TPSA) is 70.9 Å². The van der Waals surface area contributed by atoms with Gasteiger partial charge in [0, 0.05) is 57.4 Å². The van der Waals surface area contributed by atoms with Crippen molar-refractivity contribution < 1.29 is 14.3 Å². The number of anilines is 1. The smallest absolute Gasteiger partial charge is 0.410 e. The second-order valence-corrected chi connectivity index (χ2v) is 10.9. The first kappa shape index (κ1) is 25.1. The molecule has 0 radical (unpaired) electrons. The summed E-state index contributed by atoms with van der Waals surface area (Å²) in [6, 6.07) is 8.77. The molecule has 1 aromatic heterocycles. The average Bonchev–Trinajstić information content (AvgIpc) is 3.18. The van der Waals surface area contributed by atoms with E-state index in [1.165, 1.54) is 11.3 Å². The van der Waals surface area contributed by atoms with Crippen LogP contribution in [0.2, 0.25) is 0 Å². The lowest BCUT2D eigenvalue weighted by atomic mass is 9.91. The van der Waals surface area contributed by atoms with Crippen LogP contribution in [0.1, 0.15) is 68.1 Å². The first-order chi connectivity index (χ1) is 16.5. The molecule has 2 saturated heterocycles. The highest BCUT2D eigenvalue weighted by Crippen LogP contribution is 2.32. The first-order valence-electron chi connectivity index (χ1n) is 12.7. The van der Waals surface area contributed by atoms with Crippen molar-refractivity contribution in [1.82, 2.24) is 19.6 Å². The molecule has 0 N–H and O–H groups in total. The molecule has 0 saturated carbocycles. The average molecular weight is 482 g/mol. The number of piperidine rings is 1. The van der Waals surface area contributed by atoms with E-state index in [4.69, 9.17) is 4.74 Å². The van der Waals surface area contributed by atoms with E-state index in [1.54, 1.807) is 11.1 Å². The molecule has 35 heavy (non-hydrogen) atoms. The maximum atomic E-state index is 13.6.